The van der Waals surface area contributed by atoms with Gasteiger partial charge in [-0.15, -0.1) is 0 Å². The van der Waals surface area contributed by atoms with Crippen molar-refractivity contribution in [1.29, 1.82) is 0 Å². The summed E-state index contributed by atoms with van der Waals surface area (Å²) in [6.07, 6.45) is 4.02. The van der Waals surface area contributed by atoms with Crippen LogP contribution in [0.1, 0.15) is 50.6 Å². The quantitative estimate of drug-likeness (QED) is 0.448. The molecule has 1 aromatic carbocycles. The minimum Gasteiger partial charge on any atom is -0.429 e. The summed E-state index contributed by atoms with van der Waals surface area (Å²) in [5.74, 6) is -0.317. The van der Waals surface area contributed by atoms with Crippen LogP contribution < -0.4 is 15.6 Å². The number of benzene rings is 1. The highest BCUT2D eigenvalue weighted by Gasteiger charge is 2.40. The van der Waals surface area contributed by atoms with Crippen molar-refractivity contribution in [3.05, 3.63) is 52.4 Å². The number of hydrogen-bond acceptors (Lipinski definition) is 8. The topological polar surface area (TPSA) is 127 Å². The van der Waals surface area contributed by atoms with Crippen molar-refractivity contribution in [3.8, 4) is 5.75 Å². The molecule has 0 bridgehead atoms. The predicted octanol–water partition coefficient (Wildman–Crippen LogP) is 3.44. The molecule has 10 nitrogen and oxygen atoms in total. The third-order valence-electron chi connectivity index (χ3n) is 7.64. The van der Waals surface area contributed by atoms with Crippen molar-refractivity contribution in [3.63, 3.8) is 0 Å². The van der Waals surface area contributed by atoms with E-state index in [1.165, 1.54) is 21.1 Å². The number of piperidine rings is 1. The van der Waals surface area contributed by atoms with Gasteiger partial charge in [-0.3, -0.25) is 9.36 Å². The van der Waals surface area contributed by atoms with Crippen LogP contribution in [0.3, 0.4) is 0 Å². The van der Waals surface area contributed by atoms with Gasteiger partial charge in [0.15, 0.2) is 5.75 Å². The van der Waals surface area contributed by atoms with Gasteiger partial charge >= 0.3 is 6.61 Å². The fraction of sp³-hybridized carbons (Fsp3) is 0.500. The average molecular weight is 564 g/mol. The lowest BCUT2D eigenvalue weighted by Crippen LogP contribution is -2.42. The molecule has 1 aliphatic heterocycles. The van der Waals surface area contributed by atoms with Gasteiger partial charge < -0.3 is 15.2 Å². The molecule has 13 heteroatoms. The first-order chi connectivity index (χ1) is 18.5. The standard InChI is InChI=1S/C26H31F2N5O5S/c1-16-6-3-4-7-20(16)39(36,37)32-12-9-18(10-13-32)30-25-29-15-17-14-19(38-24(27)28)23(34)33(22(17)31-25)21-8-5-11-26(21,2)35/h3-4,6-7,14-15,18,21,24,35H,5,8-13H2,1-2H3,(H,29,30,31)/t21-,26-/m1/s1. The van der Waals surface area contributed by atoms with E-state index >= 15 is 0 Å². The van der Waals surface area contributed by atoms with E-state index in [4.69, 9.17) is 0 Å². The van der Waals surface area contributed by atoms with Gasteiger partial charge in [-0.25, -0.2) is 13.4 Å². The molecule has 0 spiro atoms. The van der Waals surface area contributed by atoms with E-state index in [1.54, 1.807) is 38.1 Å². The molecule has 2 fully saturated rings. The fourth-order valence-corrected chi connectivity index (χ4v) is 7.28. The molecule has 0 unspecified atom stereocenters. The number of hydrogen-bond donors (Lipinski definition) is 2. The second-order valence-electron chi connectivity index (χ2n) is 10.4. The summed E-state index contributed by atoms with van der Waals surface area (Å²) in [6, 6.07) is 7.27. The SMILES string of the molecule is Cc1ccccc1S(=O)(=O)N1CCC(Nc2ncc3cc(OC(F)F)c(=O)n([C@@H]4CCC[C@@]4(C)O)c3n2)CC1. The Bertz CT molecular complexity index is 1540. The summed E-state index contributed by atoms with van der Waals surface area (Å²) >= 11 is 0. The Hall–Kier alpha value is -3.16. The van der Waals surface area contributed by atoms with Gasteiger partial charge in [0.2, 0.25) is 16.0 Å². The zero-order valence-corrected chi connectivity index (χ0v) is 22.5. The molecule has 2 aliphatic rings. The molecule has 0 amide bonds. The lowest BCUT2D eigenvalue weighted by molar-refractivity contribution is -0.0513. The number of pyridine rings is 1. The van der Waals surface area contributed by atoms with E-state index in [0.29, 0.717) is 61.0 Å². The van der Waals surface area contributed by atoms with Crippen LogP contribution in [0.4, 0.5) is 14.7 Å². The molecular weight excluding hydrogens is 532 g/mol. The van der Waals surface area contributed by atoms with Crippen LogP contribution in [-0.2, 0) is 10.0 Å². The highest BCUT2D eigenvalue weighted by molar-refractivity contribution is 7.89. The number of anilines is 1. The highest BCUT2D eigenvalue weighted by atomic mass is 32.2. The Labute approximate surface area is 224 Å². The zero-order valence-electron chi connectivity index (χ0n) is 21.7. The van der Waals surface area contributed by atoms with Crippen molar-refractivity contribution in [1.82, 2.24) is 18.8 Å². The third-order valence-corrected chi connectivity index (χ3v) is 9.70. The molecule has 1 aliphatic carbocycles. The summed E-state index contributed by atoms with van der Waals surface area (Å²) in [5.41, 5.74) is -1.13. The van der Waals surface area contributed by atoms with Crippen LogP contribution in [0.15, 0.2) is 46.2 Å². The van der Waals surface area contributed by atoms with Gasteiger partial charge in [0.1, 0.15) is 5.65 Å². The van der Waals surface area contributed by atoms with Crippen molar-refractivity contribution >= 4 is 27.0 Å². The number of halogens is 2. The number of ether oxygens (including phenoxy) is 1. The smallest absolute Gasteiger partial charge is 0.387 e. The second-order valence-corrected chi connectivity index (χ2v) is 12.3. The van der Waals surface area contributed by atoms with Gasteiger partial charge in [-0.1, -0.05) is 18.2 Å². The maximum atomic E-state index is 13.2. The first-order valence-electron chi connectivity index (χ1n) is 12.9. The number of aryl methyl sites for hydroxylation is 1. The molecule has 2 N–H and O–H groups in total. The van der Waals surface area contributed by atoms with Crippen LogP contribution in [-0.4, -0.2) is 63.7 Å². The summed E-state index contributed by atoms with van der Waals surface area (Å²) in [7, 11) is -3.61. The monoisotopic (exact) mass is 563 g/mol. The van der Waals surface area contributed by atoms with E-state index in [-0.39, 0.29) is 17.6 Å². The number of nitrogens with one attached hydrogen (secondary N) is 1. The van der Waals surface area contributed by atoms with E-state index in [2.05, 4.69) is 20.0 Å². The van der Waals surface area contributed by atoms with E-state index in [9.17, 15) is 27.1 Å². The summed E-state index contributed by atoms with van der Waals surface area (Å²) in [5, 5.41) is 14.5. The first kappa shape index (κ1) is 27.4. The number of fused-ring (bicyclic) bond motifs is 1. The van der Waals surface area contributed by atoms with Crippen molar-refractivity contribution in [2.45, 2.75) is 75.1 Å². The van der Waals surface area contributed by atoms with Crippen LogP contribution in [0.25, 0.3) is 11.0 Å². The fourth-order valence-electron chi connectivity index (χ4n) is 5.58. The third kappa shape index (κ3) is 5.35. The second kappa shape index (κ2) is 10.4. The van der Waals surface area contributed by atoms with Crippen molar-refractivity contribution in [2.24, 2.45) is 0 Å². The van der Waals surface area contributed by atoms with Crippen molar-refractivity contribution in [2.75, 3.05) is 18.4 Å². The average Bonchev–Trinajstić information content (AvgIpc) is 3.23. The Morgan fingerprint density at radius 2 is 1.92 bits per heavy atom. The normalized spacial score (nSPS) is 23.0. The Morgan fingerprint density at radius 3 is 2.56 bits per heavy atom. The minimum atomic E-state index is -3.61. The molecule has 39 heavy (non-hydrogen) atoms. The van der Waals surface area contributed by atoms with Crippen LogP contribution in [0.2, 0.25) is 0 Å². The molecular formula is C26H31F2N5O5S. The molecule has 3 heterocycles. The van der Waals surface area contributed by atoms with E-state index < -0.39 is 39.6 Å². The number of aliphatic hydroxyl groups is 1. The van der Waals surface area contributed by atoms with E-state index in [0.717, 1.165) is 0 Å². The molecule has 210 valence electrons. The van der Waals surface area contributed by atoms with Crippen molar-refractivity contribution < 1.29 is 27.0 Å². The first-order valence-corrected chi connectivity index (χ1v) is 14.3. The Kier molecular flexibility index (Phi) is 7.33. The molecule has 1 saturated carbocycles. The molecule has 2 atom stereocenters. The largest absolute Gasteiger partial charge is 0.429 e. The number of aromatic nitrogens is 3. The number of sulfonamides is 1. The van der Waals surface area contributed by atoms with Gasteiger partial charge in [-0.2, -0.15) is 18.1 Å². The van der Waals surface area contributed by atoms with Crippen LogP contribution >= 0.6 is 0 Å². The number of nitrogens with zero attached hydrogens (tertiary/aromatic N) is 4. The summed E-state index contributed by atoms with van der Waals surface area (Å²) < 4.78 is 59.5. The lowest BCUT2D eigenvalue weighted by atomic mass is 10.00. The van der Waals surface area contributed by atoms with Gasteiger partial charge in [-0.05, 0) is 63.6 Å². The Balaban J connectivity index is 1.40. The highest BCUT2D eigenvalue weighted by Crippen LogP contribution is 2.40. The minimum absolute atomic E-state index is 0.123. The maximum absolute atomic E-state index is 13.2. The number of rotatable bonds is 7. The molecule has 5 rings (SSSR count). The maximum Gasteiger partial charge on any atom is 0.387 e. The van der Waals surface area contributed by atoms with Gasteiger partial charge in [0, 0.05) is 30.7 Å². The zero-order chi connectivity index (χ0) is 27.9. The van der Waals surface area contributed by atoms with Crippen LogP contribution in [0.5, 0.6) is 5.75 Å². The molecule has 2 aromatic heterocycles. The van der Waals surface area contributed by atoms with Crippen LogP contribution in [0, 0.1) is 6.92 Å². The molecule has 1 saturated heterocycles. The summed E-state index contributed by atoms with van der Waals surface area (Å²) in [4.78, 5) is 22.4. The van der Waals surface area contributed by atoms with Gasteiger partial charge in [0.05, 0.1) is 16.5 Å². The van der Waals surface area contributed by atoms with Gasteiger partial charge in [0.25, 0.3) is 5.56 Å². The predicted molar refractivity (Wildman–Crippen MR) is 141 cm³/mol. The molecule has 3 aromatic rings. The number of alkyl halides is 2. The molecule has 0 radical (unpaired) electrons. The van der Waals surface area contributed by atoms with E-state index in [1.807, 2.05) is 0 Å². The Morgan fingerprint density at radius 1 is 1.21 bits per heavy atom. The summed E-state index contributed by atoms with van der Waals surface area (Å²) in [6.45, 7) is 0.821. The lowest BCUT2D eigenvalue weighted by Gasteiger charge is -2.32.